The molecule has 53 heavy (non-hydrogen) atoms. The van der Waals surface area contributed by atoms with Crippen LogP contribution in [-0.4, -0.2) is 9.55 Å². The summed E-state index contributed by atoms with van der Waals surface area (Å²) in [6.07, 6.45) is 8.26. The van der Waals surface area contributed by atoms with Gasteiger partial charge in [-0.2, -0.15) is 12.1 Å². The van der Waals surface area contributed by atoms with Crippen LogP contribution in [0, 0.1) is 24.4 Å². The molecule has 5 heteroatoms. The third-order valence-electron chi connectivity index (χ3n) is 9.11. The molecule has 8 aromatic rings. The van der Waals surface area contributed by atoms with Gasteiger partial charge in [-0.25, -0.2) is 0 Å². The fraction of sp³-hybridized carbons (Fsp3) is 0.0833. The van der Waals surface area contributed by atoms with Gasteiger partial charge in [0.15, 0.2) is 0 Å². The largest absolute Gasteiger partial charge is 0.503 e. The second-order valence-corrected chi connectivity index (χ2v) is 12.6. The monoisotopic (exact) mass is 874 g/mol. The summed E-state index contributed by atoms with van der Waals surface area (Å²) in [7, 11) is 0. The number of allylic oxidation sites excluding steroid dienone is 2. The second kappa shape index (κ2) is 14.7. The zero-order valence-electron chi connectivity index (χ0n) is 38.6. The maximum Gasteiger partial charge on any atom is 0.268 e. The van der Waals surface area contributed by atoms with Gasteiger partial charge < -0.3 is 14.3 Å². The minimum Gasteiger partial charge on any atom is -0.503 e. The molecule has 9 rings (SSSR count). The Bertz CT molecular complexity index is 3060. The van der Waals surface area contributed by atoms with Gasteiger partial charge in [0, 0.05) is 38.8 Å². The standard InChI is InChI=1S/C48H35N3O.Pt/c1-33(2)40-26-27-44-43(40)28-29-49-47(44)36-18-11-20-38(30-36)52-39-21-12-19-37(31-39)50-32-51(46-25-10-9-24-45(46)50)48-41(34-14-5-3-6-15-34)22-13-23-42(48)35-16-7-4-8-17-35;/h3-26,28-29,33H,27H2,1-2H3;/q-2;/i3D,4D,5D,6D,7D,8D,14D,15D,16D,17D;. The Kier molecular flexibility index (Phi) is 6.75. The van der Waals surface area contributed by atoms with Crippen molar-refractivity contribution in [3.05, 3.63) is 187 Å². The van der Waals surface area contributed by atoms with Crippen LogP contribution in [0.2, 0.25) is 0 Å². The van der Waals surface area contributed by atoms with Crippen molar-refractivity contribution in [1.29, 1.82) is 0 Å². The number of nitrogens with zero attached hydrogens (tertiary/aromatic N) is 3. The van der Waals surface area contributed by atoms with E-state index in [1.54, 1.807) is 39.5 Å². The molecule has 0 radical (unpaired) electrons. The van der Waals surface area contributed by atoms with Crippen molar-refractivity contribution in [2.24, 2.45) is 5.92 Å². The van der Waals surface area contributed by atoms with Crippen molar-refractivity contribution in [1.82, 2.24) is 9.55 Å². The number of benzene rings is 6. The fourth-order valence-corrected chi connectivity index (χ4v) is 6.82. The van der Waals surface area contributed by atoms with Crippen LogP contribution >= 0.6 is 0 Å². The van der Waals surface area contributed by atoms with E-state index in [0.29, 0.717) is 34.1 Å². The van der Waals surface area contributed by atoms with E-state index in [4.69, 9.17) is 23.4 Å². The summed E-state index contributed by atoms with van der Waals surface area (Å²) in [4.78, 5) is 4.73. The maximum atomic E-state index is 8.94. The number of para-hydroxylation sites is 3. The average molecular weight is 875 g/mol. The number of pyridine rings is 1. The smallest absolute Gasteiger partial charge is 0.268 e. The molecular formula is C48H35N3OPt-2. The number of hydrogen-bond acceptors (Lipinski definition) is 2. The van der Waals surface area contributed by atoms with Gasteiger partial charge in [-0.1, -0.05) is 134 Å². The molecule has 0 N–H and O–H groups in total. The molecule has 1 aliphatic rings. The number of fused-ring (bicyclic) bond motifs is 2. The van der Waals surface area contributed by atoms with Crippen molar-refractivity contribution in [2.45, 2.75) is 20.3 Å². The zero-order chi connectivity index (χ0) is 43.7. The van der Waals surface area contributed by atoms with E-state index in [9.17, 15) is 0 Å². The second-order valence-electron chi connectivity index (χ2n) is 12.6. The Morgan fingerprint density at radius 2 is 1.40 bits per heavy atom. The number of aromatic nitrogens is 3. The SMILES string of the molecule is [2H]c1c([2H])c([2H])c(-c2cccc(-c3c([2H])c([2H])c([2H])c([2H])c3[2H])c2-[n+]2[c-]n(-c3[c-]c(Oc4[c-]c(-c5nccc6c5CC=C6C(C)C)ccc4)ccc3)c3ccccc32)c([2H])c1[2H].[Pt]. The topological polar surface area (TPSA) is 30.9 Å². The van der Waals surface area contributed by atoms with Crippen molar-refractivity contribution in [3.8, 4) is 56.4 Å². The number of rotatable bonds is 8. The number of imidazole rings is 1. The van der Waals surface area contributed by atoms with Crippen molar-refractivity contribution >= 4 is 16.6 Å². The average Bonchev–Trinajstić information content (AvgIpc) is 3.90. The molecule has 6 aromatic carbocycles. The molecule has 0 aliphatic heterocycles. The summed E-state index contributed by atoms with van der Waals surface area (Å²) in [6.45, 7) is 4.37. The van der Waals surface area contributed by atoms with E-state index in [0.717, 1.165) is 23.2 Å². The minimum absolute atomic E-state index is 0. The molecule has 2 heterocycles. The first-order valence-corrected chi connectivity index (χ1v) is 16.9. The summed E-state index contributed by atoms with van der Waals surface area (Å²) in [5.41, 5.74) is 7.20. The normalized spacial score (nSPS) is 14.7. The summed E-state index contributed by atoms with van der Waals surface area (Å²) in [5.74, 6) is 1.22. The summed E-state index contributed by atoms with van der Waals surface area (Å²) in [5, 5.41) is 0. The molecule has 4 nitrogen and oxygen atoms in total. The van der Waals surface area contributed by atoms with Gasteiger partial charge in [0.1, 0.15) is 0 Å². The van der Waals surface area contributed by atoms with Gasteiger partial charge in [0.25, 0.3) is 6.33 Å². The van der Waals surface area contributed by atoms with Crippen LogP contribution in [0.25, 0.3) is 61.5 Å². The van der Waals surface area contributed by atoms with Crippen LogP contribution < -0.4 is 9.30 Å². The molecule has 0 saturated carbocycles. The van der Waals surface area contributed by atoms with Gasteiger partial charge in [-0.15, -0.1) is 35.9 Å². The Labute approximate surface area is 339 Å². The first kappa shape index (κ1) is 24.4. The minimum atomic E-state index is -0.567. The number of ether oxygens (including phenoxy) is 1. The molecule has 2 aromatic heterocycles. The van der Waals surface area contributed by atoms with Gasteiger partial charge >= 0.3 is 0 Å². The Hall–Kier alpha value is -5.83. The number of hydrogen-bond donors (Lipinski definition) is 0. The molecule has 0 saturated heterocycles. The Morgan fingerprint density at radius 3 is 2.11 bits per heavy atom. The van der Waals surface area contributed by atoms with E-state index >= 15 is 0 Å². The molecule has 0 bridgehead atoms. The zero-order valence-corrected chi connectivity index (χ0v) is 30.9. The predicted octanol–water partition coefficient (Wildman–Crippen LogP) is 11.1. The Morgan fingerprint density at radius 1 is 0.736 bits per heavy atom. The van der Waals surface area contributed by atoms with Crippen molar-refractivity contribution < 1.29 is 44.1 Å². The van der Waals surface area contributed by atoms with E-state index < -0.39 is 60.4 Å². The van der Waals surface area contributed by atoms with Gasteiger partial charge in [-0.05, 0) is 63.2 Å². The fourth-order valence-electron chi connectivity index (χ4n) is 6.82. The van der Waals surface area contributed by atoms with Gasteiger partial charge in [-0.3, -0.25) is 4.57 Å². The summed E-state index contributed by atoms with van der Waals surface area (Å²) < 4.78 is 96.0. The van der Waals surface area contributed by atoms with E-state index in [2.05, 4.69) is 44.4 Å². The van der Waals surface area contributed by atoms with Crippen LogP contribution in [0.3, 0.4) is 0 Å². The predicted molar refractivity (Wildman–Crippen MR) is 208 cm³/mol. The van der Waals surface area contributed by atoms with Crippen LogP contribution in [0.5, 0.6) is 11.5 Å². The molecule has 0 atom stereocenters. The molecule has 260 valence electrons. The molecule has 1 aliphatic carbocycles. The Balaban J connectivity index is 0.00000544. The summed E-state index contributed by atoms with van der Waals surface area (Å²) in [6, 6.07) is 26.7. The first-order chi connectivity index (χ1) is 29.8. The molecule has 0 unspecified atom stereocenters. The van der Waals surface area contributed by atoms with Crippen molar-refractivity contribution in [2.75, 3.05) is 0 Å². The van der Waals surface area contributed by atoms with Gasteiger partial charge in [0.05, 0.1) is 30.4 Å². The van der Waals surface area contributed by atoms with E-state index in [1.165, 1.54) is 11.1 Å². The molecule has 0 spiro atoms. The third kappa shape index (κ3) is 6.45. The van der Waals surface area contributed by atoms with Gasteiger partial charge in [0.2, 0.25) is 0 Å². The van der Waals surface area contributed by atoms with Crippen LogP contribution in [0.1, 0.15) is 38.7 Å². The molecular weight excluding hydrogens is 830 g/mol. The van der Waals surface area contributed by atoms with Crippen molar-refractivity contribution in [3.63, 3.8) is 0 Å². The van der Waals surface area contributed by atoms with Crippen LogP contribution in [0.15, 0.2) is 158 Å². The van der Waals surface area contributed by atoms with Crippen LogP contribution in [-0.2, 0) is 27.5 Å². The third-order valence-corrected chi connectivity index (χ3v) is 9.11. The maximum absolute atomic E-state index is 8.94. The quantitative estimate of drug-likeness (QED) is 0.112. The van der Waals surface area contributed by atoms with E-state index in [-0.39, 0.29) is 49.0 Å². The molecule has 0 amide bonds. The van der Waals surface area contributed by atoms with E-state index in [1.807, 2.05) is 54.7 Å². The molecule has 0 fully saturated rings. The first-order valence-electron chi connectivity index (χ1n) is 21.9. The summed E-state index contributed by atoms with van der Waals surface area (Å²) >= 11 is 0. The van der Waals surface area contributed by atoms with Crippen LogP contribution in [0.4, 0.5) is 0 Å².